The monoisotopic (exact) mass is 287 g/mol. The first-order valence-electron chi connectivity index (χ1n) is 5.99. The molecule has 7 heteroatoms. The van der Waals surface area contributed by atoms with Crippen LogP contribution in [0.15, 0.2) is 6.20 Å². The van der Waals surface area contributed by atoms with Gasteiger partial charge >= 0.3 is 0 Å². The van der Waals surface area contributed by atoms with Crippen LogP contribution in [-0.4, -0.2) is 39.9 Å². The zero-order chi connectivity index (χ0) is 14.5. The van der Waals surface area contributed by atoms with Gasteiger partial charge in [0.25, 0.3) is 0 Å². The van der Waals surface area contributed by atoms with Gasteiger partial charge in [0.05, 0.1) is 19.1 Å². The van der Waals surface area contributed by atoms with E-state index in [2.05, 4.69) is 15.0 Å². The molecule has 0 radical (unpaired) electrons. The van der Waals surface area contributed by atoms with Crippen LogP contribution in [0, 0.1) is 13.8 Å². The van der Waals surface area contributed by atoms with Crippen molar-refractivity contribution in [2.45, 2.75) is 20.4 Å². The molecule has 0 saturated heterocycles. The van der Waals surface area contributed by atoms with Gasteiger partial charge in [0.1, 0.15) is 5.75 Å². The fourth-order valence-corrected chi connectivity index (χ4v) is 2.25. The lowest BCUT2D eigenvalue weighted by molar-refractivity contribution is 0.406. The largest absolute Gasteiger partial charge is 0.496 e. The number of rotatable bonds is 7. The highest BCUT2D eigenvalue weighted by Gasteiger charge is 2.08. The SMILES string of the molecule is COc1c(C)cnc(CNCCNS(C)(=O)=O)c1C. The molecule has 0 unspecified atom stereocenters. The van der Waals surface area contributed by atoms with Crippen LogP contribution in [0.2, 0.25) is 0 Å². The topological polar surface area (TPSA) is 80.3 Å². The third-order valence-electron chi connectivity index (χ3n) is 2.71. The van der Waals surface area contributed by atoms with Gasteiger partial charge in [-0.1, -0.05) is 0 Å². The lowest BCUT2D eigenvalue weighted by Gasteiger charge is -2.12. The molecule has 0 aromatic carbocycles. The molecule has 108 valence electrons. The Morgan fingerprint density at radius 3 is 2.58 bits per heavy atom. The molecule has 0 amide bonds. The molecule has 0 fully saturated rings. The van der Waals surface area contributed by atoms with E-state index < -0.39 is 10.0 Å². The van der Waals surface area contributed by atoms with E-state index in [1.165, 1.54) is 0 Å². The van der Waals surface area contributed by atoms with Crippen LogP contribution in [0.4, 0.5) is 0 Å². The van der Waals surface area contributed by atoms with E-state index in [-0.39, 0.29) is 0 Å². The van der Waals surface area contributed by atoms with E-state index in [1.807, 2.05) is 13.8 Å². The van der Waals surface area contributed by atoms with Crippen molar-refractivity contribution in [1.82, 2.24) is 15.0 Å². The molecular formula is C12H21N3O3S. The van der Waals surface area contributed by atoms with Crippen LogP contribution < -0.4 is 14.8 Å². The van der Waals surface area contributed by atoms with Crippen molar-refractivity contribution in [2.75, 3.05) is 26.5 Å². The smallest absolute Gasteiger partial charge is 0.208 e. The molecule has 0 aliphatic heterocycles. The Morgan fingerprint density at radius 2 is 2.00 bits per heavy atom. The maximum Gasteiger partial charge on any atom is 0.208 e. The van der Waals surface area contributed by atoms with E-state index in [9.17, 15) is 8.42 Å². The number of nitrogens with one attached hydrogen (secondary N) is 2. The number of pyridine rings is 1. The molecule has 1 rings (SSSR count). The Kier molecular flexibility index (Phi) is 5.71. The lowest BCUT2D eigenvalue weighted by atomic mass is 10.1. The Bertz CT molecular complexity index is 529. The van der Waals surface area contributed by atoms with Crippen LogP contribution in [-0.2, 0) is 16.6 Å². The summed E-state index contributed by atoms with van der Waals surface area (Å²) in [6, 6.07) is 0. The fraction of sp³-hybridized carbons (Fsp3) is 0.583. The zero-order valence-electron chi connectivity index (χ0n) is 11.8. The average Bonchev–Trinajstić information content (AvgIpc) is 2.30. The second-order valence-corrected chi connectivity index (χ2v) is 6.22. The van der Waals surface area contributed by atoms with E-state index in [4.69, 9.17) is 4.74 Å². The standard InChI is InChI=1S/C12H21N3O3S/c1-9-7-14-11(10(2)12(9)18-3)8-13-5-6-15-19(4,16)17/h7,13,15H,5-6,8H2,1-4H3. The molecule has 19 heavy (non-hydrogen) atoms. The van der Waals surface area contributed by atoms with E-state index in [0.29, 0.717) is 19.6 Å². The van der Waals surface area contributed by atoms with Crippen molar-refractivity contribution in [3.63, 3.8) is 0 Å². The quantitative estimate of drug-likeness (QED) is 0.707. The first-order chi connectivity index (χ1) is 8.85. The third-order valence-corrected chi connectivity index (χ3v) is 3.44. The van der Waals surface area contributed by atoms with Crippen molar-refractivity contribution in [3.05, 3.63) is 23.0 Å². The van der Waals surface area contributed by atoms with E-state index >= 15 is 0 Å². The Balaban J connectivity index is 2.50. The second-order valence-electron chi connectivity index (χ2n) is 4.39. The summed E-state index contributed by atoms with van der Waals surface area (Å²) in [5, 5.41) is 3.14. The highest BCUT2D eigenvalue weighted by molar-refractivity contribution is 7.88. The molecule has 1 aromatic heterocycles. The number of nitrogens with zero attached hydrogens (tertiary/aromatic N) is 1. The summed E-state index contributed by atoms with van der Waals surface area (Å²) in [5.41, 5.74) is 2.91. The Morgan fingerprint density at radius 1 is 1.32 bits per heavy atom. The molecule has 0 atom stereocenters. The number of aryl methyl sites for hydroxylation is 1. The molecule has 0 aliphatic rings. The normalized spacial score (nSPS) is 11.6. The Hall–Kier alpha value is -1.18. The van der Waals surface area contributed by atoms with Gasteiger partial charge in [-0.3, -0.25) is 4.98 Å². The molecule has 0 spiro atoms. The fourth-order valence-electron chi connectivity index (χ4n) is 1.78. The zero-order valence-corrected chi connectivity index (χ0v) is 12.6. The molecule has 1 heterocycles. The minimum Gasteiger partial charge on any atom is -0.496 e. The van der Waals surface area contributed by atoms with Gasteiger partial charge in [-0.15, -0.1) is 0 Å². The summed E-state index contributed by atoms with van der Waals surface area (Å²) in [6.07, 6.45) is 2.92. The summed E-state index contributed by atoms with van der Waals surface area (Å²) >= 11 is 0. The molecule has 0 saturated carbocycles. The van der Waals surface area contributed by atoms with Crippen LogP contribution in [0.5, 0.6) is 5.75 Å². The van der Waals surface area contributed by atoms with Crippen molar-refractivity contribution < 1.29 is 13.2 Å². The summed E-state index contributed by atoms with van der Waals surface area (Å²) in [5.74, 6) is 0.848. The minimum absolute atomic E-state index is 0.362. The first-order valence-corrected chi connectivity index (χ1v) is 7.88. The summed E-state index contributed by atoms with van der Waals surface area (Å²) in [6.45, 7) is 5.40. The highest BCUT2D eigenvalue weighted by Crippen LogP contribution is 2.23. The van der Waals surface area contributed by atoms with E-state index in [1.54, 1.807) is 13.3 Å². The summed E-state index contributed by atoms with van der Waals surface area (Å²) < 4.78 is 29.5. The van der Waals surface area contributed by atoms with Gasteiger partial charge in [-0.25, -0.2) is 13.1 Å². The predicted molar refractivity (Wildman–Crippen MR) is 74.8 cm³/mol. The van der Waals surface area contributed by atoms with Gasteiger partial charge in [0, 0.05) is 37.0 Å². The van der Waals surface area contributed by atoms with Crippen molar-refractivity contribution >= 4 is 10.0 Å². The number of hydrogen-bond donors (Lipinski definition) is 2. The number of hydrogen-bond acceptors (Lipinski definition) is 5. The van der Waals surface area contributed by atoms with Gasteiger partial charge < -0.3 is 10.1 Å². The van der Waals surface area contributed by atoms with Crippen molar-refractivity contribution in [3.8, 4) is 5.75 Å². The maximum atomic E-state index is 10.9. The lowest BCUT2D eigenvalue weighted by Crippen LogP contribution is -2.31. The van der Waals surface area contributed by atoms with Gasteiger partial charge in [-0.05, 0) is 13.8 Å². The van der Waals surface area contributed by atoms with Crippen LogP contribution in [0.25, 0.3) is 0 Å². The second kappa shape index (κ2) is 6.83. The Labute approximate surface area is 114 Å². The number of ether oxygens (including phenoxy) is 1. The van der Waals surface area contributed by atoms with Crippen LogP contribution in [0.3, 0.4) is 0 Å². The maximum absolute atomic E-state index is 10.9. The third kappa shape index (κ3) is 5.14. The molecule has 0 bridgehead atoms. The summed E-state index contributed by atoms with van der Waals surface area (Å²) in [4.78, 5) is 4.35. The number of methoxy groups -OCH3 is 1. The number of aromatic nitrogens is 1. The highest BCUT2D eigenvalue weighted by atomic mass is 32.2. The molecule has 2 N–H and O–H groups in total. The molecule has 0 aliphatic carbocycles. The molecular weight excluding hydrogens is 266 g/mol. The first kappa shape index (κ1) is 15.9. The average molecular weight is 287 g/mol. The molecule has 6 nitrogen and oxygen atoms in total. The van der Waals surface area contributed by atoms with Crippen molar-refractivity contribution in [2.24, 2.45) is 0 Å². The molecule has 1 aromatic rings. The number of sulfonamides is 1. The minimum atomic E-state index is -3.12. The van der Waals surface area contributed by atoms with Gasteiger partial charge in [0.2, 0.25) is 10.0 Å². The van der Waals surface area contributed by atoms with Crippen molar-refractivity contribution in [1.29, 1.82) is 0 Å². The predicted octanol–water partition coefficient (Wildman–Crippen LogP) is 0.346. The van der Waals surface area contributed by atoms with Gasteiger partial charge in [0.15, 0.2) is 0 Å². The summed E-state index contributed by atoms with van der Waals surface area (Å²) in [7, 11) is -1.48. The van der Waals surface area contributed by atoms with Crippen LogP contribution >= 0.6 is 0 Å². The van der Waals surface area contributed by atoms with Gasteiger partial charge in [-0.2, -0.15) is 0 Å². The van der Waals surface area contributed by atoms with E-state index in [0.717, 1.165) is 28.8 Å². The van der Waals surface area contributed by atoms with Crippen LogP contribution in [0.1, 0.15) is 16.8 Å².